The predicted molar refractivity (Wildman–Crippen MR) is 65.9 cm³/mol. The van der Waals surface area contributed by atoms with Crippen molar-refractivity contribution in [3.05, 3.63) is 0 Å². The van der Waals surface area contributed by atoms with Gasteiger partial charge in [-0.2, -0.15) is 0 Å². The molecule has 0 bridgehead atoms. The standard InChI is InChI=1S/C12H18N2O5/c1-12(2,3)18-11(17)14-5-7(6-14)8-4-9(10(15)16)19-13-8/h7,9H,4-6H2,1-3H3,(H,15,16). The van der Waals surface area contributed by atoms with Gasteiger partial charge in [0.2, 0.25) is 6.10 Å². The number of amides is 1. The fraction of sp³-hybridized carbons (Fsp3) is 0.750. The Hall–Kier alpha value is -1.79. The molecule has 1 N–H and O–H groups in total. The van der Waals surface area contributed by atoms with E-state index >= 15 is 0 Å². The van der Waals surface area contributed by atoms with E-state index in [1.54, 1.807) is 4.90 Å². The van der Waals surface area contributed by atoms with Crippen LogP contribution in [0, 0.1) is 5.92 Å². The van der Waals surface area contributed by atoms with Gasteiger partial charge in [-0.1, -0.05) is 5.16 Å². The van der Waals surface area contributed by atoms with E-state index in [0.29, 0.717) is 25.2 Å². The normalized spacial score (nSPS) is 23.4. The van der Waals surface area contributed by atoms with Crippen molar-refractivity contribution in [2.45, 2.75) is 38.9 Å². The van der Waals surface area contributed by atoms with E-state index in [4.69, 9.17) is 14.7 Å². The zero-order valence-corrected chi connectivity index (χ0v) is 11.3. The summed E-state index contributed by atoms with van der Waals surface area (Å²) in [5.74, 6) is -0.932. The Bertz CT molecular complexity index is 420. The van der Waals surface area contributed by atoms with Gasteiger partial charge < -0.3 is 19.6 Å². The van der Waals surface area contributed by atoms with Crippen molar-refractivity contribution in [3.8, 4) is 0 Å². The van der Waals surface area contributed by atoms with Crippen molar-refractivity contribution >= 4 is 17.8 Å². The number of aliphatic carboxylic acids is 1. The molecule has 7 heteroatoms. The summed E-state index contributed by atoms with van der Waals surface area (Å²) in [5.41, 5.74) is 0.206. The molecular formula is C12H18N2O5. The summed E-state index contributed by atoms with van der Waals surface area (Å²) < 4.78 is 5.23. The van der Waals surface area contributed by atoms with Crippen molar-refractivity contribution < 1.29 is 24.3 Å². The Balaban J connectivity index is 1.78. The predicted octanol–water partition coefficient (Wildman–Crippen LogP) is 1.08. The van der Waals surface area contributed by atoms with Crippen LogP contribution in [0.4, 0.5) is 4.79 Å². The van der Waals surface area contributed by atoms with Crippen LogP contribution in [0.5, 0.6) is 0 Å². The number of hydrogen-bond acceptors (Lipinski definition) is 5. The van der Waals surface area contributed by atoms with Gasteiger partial charge in [0.1, 0.15) is 5.60 Å². The van der Waals surface area contributed by atoms with Gasteiger partial charge in [-0.25, -0.2) is 9.59 Å². The highest BCUT2D eigenvalue weighted by Crippen LogP contribution is 2.25. The lowest BCUT2D eigenvalue weighted by Gasteiger charge is -2.39. The molecule has 2 aliphatic rings. The third-order valence-electron chi connectivity index (χ3n) is 2.97. The Morgan fingerprint density at radius 1 is 1.42 bits per heavy atom. The second-order valence-corrected chi connectivity index (χ2v) is 5.80. The number of oxime groups is 1. The van der Waals surface area contributed by atoms with Crippen LogP contribution < -0.4 is 0 Å². The van der Waals surface area contributed by atoms with Crippen LogP contribution in [0.15, 0.2) is 5.16 Å². The SMILES string of the molecule is CC(C)(C)OC(=O)N1CC(C2=NOC(C(=O)O)C2)C1. The number of rotatable bonds is 2. The third kappa shape index (κ3) is 3.15. The summed E-state index contributed by atoms with van der Waals surface area (Å²) >= 11 is 0. The van der Waals surface area contributed by atoms with E-state index in [1.807, 2.05) is 20.8 Å². The highest BCUT2D eigenvalue weighted by Gasteiger charge is 2.40. The highest BCUT2D eigenvalue weighted by atomic mass is 16.7. The minimum atomic E-state index is -1.01. The van der Waals surface area contributed by atoms with Gasteiger partial charge in [0.25, 0.3) is 0 Å². The van der Waals surface area contributed by atoms with E-state index in [-0.39, 0.29) is 12.0 Å². The molecule has 0 spiro atoms. The number of hydrogen-bond donors (Lipinski definition) is 1. The Morgan fingerprint density at radius 3 is 2.53 bits per heavy atom. The van der Waals surface area contributed by atoms with Gasteiger partial charge in [0, 0.05) is 25.4 Å². The minimum absolute atomic E-state index is 0.0804. The second-order valence-electron chi connectivity index (χ2n) is 5.80. The van der Waals surface area contributed by atoms with Crippen molar-refractivity contribution in [1.82, 2.24) is 4.90 Å². The summed E-state index contributed by atoms with van der Waals surface area (Å²) in [7, 11) is 0. The summed E-state index contributed by atoms with van der Waals surface area (Å²) in [6, 6.07) is 0. The Kier molecular flexibility index (Phi) is 3.38. The van der Waals surface area contributed by atoms with Gasteiger partial charge in [0.05, 0.1) is 5.71 Å². The van der Waals surface area contributed by atoms with E-state index < -0.39 is 17.7 Å². The molecule has 0 aromatic carbocycles. The van der Waals surface area contributed by atoms with E-state index in [0.717, 1.165) is 0 Å². The lowest BCUT2D eigenvalue weighted by atomic mass is 9.92. The Labute approximate surface area is 111 Å². The van der Waals surface area contributed by atoms with Crippen LogP contribution in [-0.2, 0) is 14.4 Å². The average Bonchev–Trinajstić information content (AvgIpc) is 2.61. The number of carbonyl (C=O) groups excluding carboxylic acids is 1. The van der Waals surface area contributed by atoms with Crippen molar-refractivity contribution in [2.75, 3.05) is 13.1 Å². The average molecular weight is 270 g/mol. The molecule has 0 aromatic heterocycles. The van der Waals surface area contributed by atoms with Gasteiger partial charge in [0.15, 0.2) is 0 Å². The van der Waals surface area contributed by atoms with Gasteiger partial charge in [-0.3, -0.25) is 0 Å². The first kappa shape index (κ1) is 13.6. The number of carboxylic acid groups (broad SMARTS) is 1. The maximum absolute atomic E-state index is 11.7. The smallest absolute Gasteiger partial charge is 0.410 e. The number of likely N-dealkylation sites (tertiary alicyclic amines) is 1. The summed E-state index contributed by atoms with van der Waals surface area (Å²) in [6.45, 7) is 6.45. The van der Waals surface area contributed by atoms with Gasteiger partial charge >= 0.3 is 12.1 Å². The molecule has 2 aliphatic heterocycles. The van der Waals surface area contributed by atoms with Crippen LogP contribution in [0.25, 0.3) is 0 Å². The molecule has 0 radical (unpaired) electrons. The van der Waals surface area contributed by atoms with Crippen LogP contribution in [0.2, 0.25) is 0 Å². The molecular weight excluding hydrogens is 252 g/mol. The van der Waals surface area contributed by atoms with Gasteiger partial charge in [-0.05, 0) is 20.8 Å². The summed E-state index contributed by atoms with van der Waals surface area (Å²) in [6.07, 6.45) is -0.939. The maximum atomic E-state index is 11.7. The topological polar surface area (TPSA) is 88.4 Å². The lowest BCUT2D eigenvalue weighted by molar-refractivity contribution is -0.148. The molecule has 1 atom stereocenters. The molecule has 19 heavy (non-hydrogen) atoms. The van der Waals surface area contributed by atoms with Crippen molar-refractivity contribution in [3.63, 3.8) is 0 Å². The monoisotopic (exact) mass is 270 g/mol. The third-order valence-corrected chi connectivity index (χ3v) is 2.97. The molecule has 1 unspecified atom stereocenters. The number of carbonyl (C=O) groups is 2. The van der Waals surface area contributed by atoms with Crippen molar-refractivity contribution in [1.29, 1.82) is 0 Å². The maximum Gasteiger partial charge on any atom is 0.410 e. The largest absolute Gasteiger partial charge is 0.478 e. The highest BCUT2D eigenvalue weighted by molar-refractivity contribution is 5.93. The van der Waals surface area contributed by atoms with Crippen LogP contribution in [0.3, 0.4) is 0 Å². The quantitative estimate of drug-likeness (QED) is 0.811. The molecule has 0 aliphatic carbocycles. The number of ether oxygens (including phenoxy) is 1. The molecule has 0 aromatic rings. The van der Waals surface area contributed by atoms with Crippen molar-refractivity contribution in [2.24, 2.45) is 11.1 Å². The Morgan fingerprint density at radius 2 is 2.05 bits per heavy atom. The molecule has 7 nitrogen and oxygen atoms in total. The zero-order valence-electron chi connectivity index (χ0n) is 11.3. The summed E-state index contributed by atoms with van der Waals surface area (Å²) in [5, 5.41) is 12.6. The second kappa shape index (κ2) is 4.71. The molecule has 2 heterocycles. The number of carboxylic acids is 1. The molecule has 106 valence electrons. The molecule has 2 rings (SSSR count). The van der Waals surface area contributed by atoms with Crippen LogP contribution in [-0.4, -0.2) is 52.6 Å². The molecule has 1 amide bonds. The lowest BCUT2D eigenvalue weighted by Crippen LogP contribution is -2.54. The zero-order chi connectivity index (χ0) is 14.2. The van der Waals surface area contributed by atoms with E-state index in [1.165, 1.54) is 0 Å². The number of nitrogens with zero attached hydrogens (tertiary/aromatic N) is 2. The first-order valence-electron chi connectivity index (χ1n) is 6.19. The summed E-state index contributed by atoms with van der Waals surface area (Å²) in [4.78, 5) is 28.8. The van der Waals surface area contributed by atoms with E-state index in [2.05, 4.69) is 5.16 Å². The minimum Gasteiger partial charge on any atom is -0.478 e. The van der Waals surface area contributed by atoms with Crippen LogP contribution >= 0.6 is 0 Å². The fourth-order valence-electron chi connectivity index (χ4n) is 1.93. The van der Waals surface area contributed by atoms with E-state index in [9.17, 15) is 9.59 Å². The molecule has 1 saturated heterocycles. The first-order valence-corrected chi connectivity index (χ1v) is 6.19. The molecule has 0 saturated carbocycles. The van der Waals surface area contributed by atoms with Crippen LogP contribution in [0.1, 0.15) is 27.2 Å². The fourth-order valence-corrected chi connectivity index (χ4v) is 1.93. The van der Waals surface area contributed by atoms with Gasteiger partial charge in [-0.15, -0.1) is 0 Å². The first-order chi connectivity index (χ1) is 8.76. The molecule has 1 fully saturated rings.